The highest BCUT2D eigenvalue weighted by Crippen LogP contribution is 2.20. The standard InChI is InChI=1S/C24H29N5O7/c1-24(2,3)36-23(34)25-16-12-17(21(32)35-4)29(13-16)19(30)14-28-11-10-18(27-22(28)33)26-20(31)15-8-6-5-7-9-15/h5-11,16-17H,12-14H2,1-4H3,(H,25,34)(H,26,27,31,33)/t16-,17-/m0/s1. The average Bonchev–Trinajstić information content (AvgIpc) is 3.23. The van der Waals surface area contributed by atoms with Crippen LogP contribution in [0, 0.1) is 0 Å². The zero-order chi connectivity index (χ0) is 26.5. The van der Waals surface area contributed by atoms with Crippen molar-refractivity contribution < 1.29 is 28.7 Å². The Morgan fingerprint density at radius 3 is 2.42 bits per heavy atom. The Morgan fingerprint density at radius 2 is 1.81 bits per heavy atom. The maximum atomic E-state index is 13.0. The lowest BCUT2D eigenvalue weighted by Crippen LogP contribution is -2.45. The van der Waals surface area contributed by atoms with Crippen LogP contribution >= 0.6 is 0 Å². The summed E-state index contributed by atoms with van der Waals surface area (Å²) in [6.07, 6.45) is 0.793. The summed E-state index contributed by atoms with van der Waals surface area (Å²) >= 11 is 0. The molecule has 0 spiro atoms. The van der Waals surface area contributed by atoms with E-state index in [2.05, 4.69) is 15.6 Å². The van der Waals surface area contributed by atoms with Gasteiger partial charge in [0.2, 0.25) is 5.91 Å². The number of aromatic nitrogens is 2. The zero-order valence-electron chi connectivity index (χ0n) is 20.5. The summed E-state index contributed by atoms with van der Waals surface area (Å²) in [7, 11) is 1.20. The highest BCUT2D eigenvalue weighted by Gasteiger charge is 2.41. The molecular weight excluding hydrogens is 470 g/mol. The largest absolute Gasteiger partial charge is 0.467 e. The third-order valence-corrected chi connectivity index (χ3v) is 5.27. The minimum absolute atomic E-state index is 0.0330. The number of methoxy groups -OCH3 is 1. The van der Waals surface area contributed by atoms with Crippen molar-refractivity contribution in [2.45, 2.75) is 51.4 Å². The molecule has 192 valence electrons. The Morgan fingerprint density at radius 1 is 1.11 bits per heavy atom. The van der Waals surface area contributed by atoms with Gasteiger partial charge in [-0.15, -0.1) is 0 Å². The van der Waals surface area contributed by atoms with Gasteiger partial charge in [0, 0.05) is 24.7 Å². The molecule has 3 rings (SSSR count). The van der Waals surface area contributed by atoms with Gasteiger partial charge in [0.05, 0.1) is 13.2 Å². The van der Waals surface area contributed by atoms with E-state index < -0.39 is 53.8 Å². The van der Waals surface area contributed by atoms with Crippen molar-refractivity contribution in [3.8, 4) is 0 Å². The number of benzene rings is 1. The fraction of sp³-hybridized carbons (Fsp3) is 0.417. The van der Waals surface area contributed by atoms with Crippen LogP contribution in [-0.2, 0) is 25.6 Å². The van der Waals surface area contributed by atoms with Gasteiger partial charge in [0.15, 0.2) is 0 Å². The molecule has 2 atom stereocenters. The summed E-state index contributed by atoms with van der Waals surface area (Å²) in [5.74, 6) is -1.57. The molecule has 0 unspecified atom stereocenters. The van der Waals surface area contributed by atoms with Crippen molar-refractivity contribution >= 4 is 29.7 Å². The van der Waals surface area contributed by atoms with Crippen LogP contribution in [0.1, 0.15) is 37.6 Å². The van der Waals surface area contributed by atoms with E-state index in [-0.39, 0.29) is 18.8 Å². The van der Waals surface area contributed by atoms with E-state index in [4.69, 9.17) is 9.47 Å². The molecule has 2 aromatic rings. The number of alkyl carbamates (subject to hydrolysis) is 1. The first-order valence-corrected chi connectivity index (χ1v) is 11.3. The van der Waals surface area contributed by atoms with Crippen LogP contribution in [-0.4, -0.2) is 69.7 Å². The van der Waals surface area contributed by atoms with E-state index in [9.17, 15) is 24.0 Å². The molecule has 0 bridgehead atoms. The topological polar surface area (TPSA) is 149 Å². The van der Waals surface area contributed by atoms with Gasteiger partial charge in [0.1, 0.15) is 24.0 Å². The molecule has 36 heavy (non-hydrogen) atoms. The van der Waals surface area contributed by atoms with Gasteiger partial charge in [-0.1, -0.05) is 18.2 Å². The van der Waals surface area contributed by atoms with Crippen molar-refractivity contribution in [3.63, 3.8) is 0 Å². The second-order valence-corrected chi connectivity index (χ2v) is 9.21. The fourth-order valence-corrected chi connectivity index (χ4v) is 3.68. The average molecular weight is 500 g/mol. The van der Waals surface area contributed by atoms with Gasteiger partial charge in [-0.2, -0.15) is 4.98 Å². The molecule has 0 radical (unpaired) electrons. The van der Waals surface area contributed by atoms with Crippen LogP contribution in [0.5, 0.6) is 0 Å². The Labute approximate surface area is 207 Å². The molecule has 1 saturated heterocycles. The molecule has 1 fully saturated rings. The third kappa shape index (κ3) is 6.90. The van der Waals surface area contributed by atoms with Crippen molar-refractivity contribution in [2.75, 3.05) is 19.0 Å². The molecule has 0 aliphatic carbocycles. The van der Waals surface area contributed by atoms with Crippen LogP contribution < -0.4 is 16.3 Å². The maximum Gasteiger partial charge on any atom is 0.407 e. The summed E-state index contributed by atoms with van der Waals surface area (Å²) in [6.45, 7) is 4.80. The fourth-order valence-electron chi connectivity index (χ4n) is 3.68. The second-order valence-electron chi connectivity index (χ2n) is 9.21. The summed E-state index contributed by atoms with van der Waals surface area (Å²) in [5.41, 5.74) is -1.07. The highest BCUT2D eigenvalue weighted by molar-refractivity contribution is 6.03. The van der Waals surface area contributed by atoms with Crippen molar-refractivity contribution in [3.05, 3.63) is 58.6 Å². The lowest BCUT2D eigenvalue weighted by Gasteiger charge is -2.23. The highest BCUT2D eigenvalue weighted by atomic mass is 16.6. The summed E-state index contributed by atoms with van der Waals surface area (Å²) in [5, 5.41) is 5.19. The molecule has 3 amide bonds. The van der Waals surface area contributed by atoms with Crippen molar-refractivity contribution in [1.29, 1.82) is 0 Å². The number of likely N-dealkylation sites (tertiary alicyclic amines) is 1. The minimum Gasteiger partial charge on any atom is -0.467 e. The molecule has 0 saturated carbocycles. The van der Waals surface area contributed by atoms with E-state index in [1.54, 1.807) is 51.1 Å². The SMILES string of the molecule is COC(=O)[C@@H]1C[C@H](NC(=O)OC(C)(C)C)CN1C(=O)Cn1ccc(NC(=O)c2ccccc2)nc1=O. The Kier molecular flexibility index (Phi) is 8.07. The maximum absolute atomic E-state index is 13.0. The zero-order valence-corrected chi connectivity index (χ0v) is 20.5. The monoisotopic (exact) mass is 499 g/mol. The summed E-state index contributed by atoms with van der Waals surface area (Å²) < 4.78 is 11.1. The normalized spacial score (nSPS) is 17.3. The predicted octanol–water partition coefficient (Wildman–Crippen LogP) is 1.16. The number of hydrogen-bond donors (Lipinski definition) is 2. The number of anilines is 1. The number of hydrogen-bond acceptors (Lipinski definition) is 8. The molecule has 1 aliphatic heterocycles. The predicted molar refractivity (Wildman–Crippen MR) is 128 cm³/mol. The van der Waals surface area contributed by atoms with Crippen molar-refractivity contribution in [1.82, 2.24) is 19.8 Å². The molecule has 12 nitrogen and oxygen atoms in total. The lowest BCUT2D eigenvalue weighted by molar-refractivity contribution is -0.151. The van der Waals surface area contributed by atoms with Crippen LogP contribution in [0.4, 0.5) is 10.6 Å². The van der Waals surface area contributed by atoms with E-state index >= 15 is 0 Å². The summed E-state index contributed by atoms with van der Waals surface area (Å²) in [4.78, 5) is 67.3. The van der Waals surface area contributed by atoms with Gasteiger partial charge < -0.3 is 25.0 Å². The van der Waals surface area contributed by atoms with E-state index in [0.29, 0.717) is 5.56 Å². The smallest absolute Gasteiger partial charge is 0.407 e. The number of carbonyl (C=O) groups is 4. The van der Waals surface area contributed by atoms with E-state index in [0.717, 1.165) is 4.57 Å². The van der Waals surface area contributed by atoms with Crippen molar-refractivity contribution in [2.24, 2.45) is 0 Å². The Hall–Kier alpha value is -4.22. The van der Waals surface area contributed by atoms with Crippen LogP contribution in [0.25, 0.3) is 0 Å². The van der Waals surface area contributed by atoms with Crippen LogP contribution in [0.2, 0.25) is 0 Å². The van der Waals surface area contributed by atoms with Crippen LogP contribution in [0.3, 0.4) is 0 Å². The first kappa shape index (κ1) is 26.4. The number of nitrogens with zero attached hydrogens (tertiary/aromatic N) is 3. The number of carbonyl (C=O) groups excluding carboxylic acids is 4. The number of rotatable bonds is 6. The second kappa shape index (κ2) is 11.0. The Balaban J connectivity index is 1.67. The quantitative estimate of drug-likeness (QED) is 0.563. The van der Waals surface area contributed by atoms with Gasteiger partial charge in [-0.3, -0.25) is 14.2 Å². The van der Waals surface area contributed by atoms with Gasteiger partial charge >= 0.3 is 17.8 Å². The summed E-state index contributed by atoms with van der Waals surface area (Å²) in [6, 6.07) is 8.34. The first-order chi connectivity index (χ1) is 17.0. The number of esters is 1. The van der Waals surface area contributed by atoms with Gasteiger partial charge in [-0.25, -0.2) is 14.4 Å². The van der Waals surface area contributed by atoms with E-state index in [1.807, 2.05) is 0 Å². The third-order valence-electron chi connectivity index (χ3n) is 5.27. The van der Waals surface area contributed by atoms with Gasteiger partial charge in [0.25, 0.3) is 5.91 Å². The number of nitrogens with one attached hydrogen (secondary N) is 2. The van der Waals surface area contributed by atoms with Crippen LogP contribution in [0.15, 0.2) is 47.4 Å². The first-order valence-electron chi connectivity index (χ1n) is 11.3. The van der Waals surface area contributed by atoms with Gasteiger partial charge in [-0.05, 0) is 39.0 Å². The molecule has 1 aromatic carbocycles. The Bertz CT molecular complexity index is 1190. The molecule has 1 aromatic heterocycles. The molecule has 2 heterocycles. The lowest BCUT2D eigenvalue weighted by atomic mass is 10.1. The molecular formula is C24H29N5O7. The number of amides is 3. The molecule has 2 N–H and O–H groups in total. The number of ether oxygens (including phenoxy) is 2. The molecule has 1 aliphatic rings. The molecule has 12 heteroatoms. The minimum atomic E-state index is -0.935. The van der Waals surface area contributed by atoms with E-state index in [1.165, 1.54) is 24.3 Å².